The molecule has 0 radical (unpaired) electrons. The third-order valence-electron chi connectivity index (χ3n) is 4.85. The molecule has 0 aliphatic rings. The lowest BCUT2D eigenvalue weighted by Gasteiger charge is -2.26. The summed E-state index contributed by atoms with van der Waals surface area (Å²) in [6.45, 7) is 3.74. The molecule has 12 heteroatoms. The van der Waals surface area contributed by atoms with Gasteiger partial charge in [-0.3, -0.25) is 4.79 Å². The van der Waals surface area contributed by atoms with Crippen molar-refractivity contribution in [2.24, 2.45) is 0 Å². The second-order valence-corrected chi connectivity index (χ2v) is 9.55. The minimum absolute atomic E-state index is 0.0835. The van der Waals surface area contributed by atoms with Crippen molar-refractivity contribution in [3.63, 3.8) is 0 Å². The zero-order valence-corrected chi connectivity index (χ0v) is 20.9. The number of hydrogen-bond donors (Lipinski definition) is 2. The molecule has 35 heavy (non-hydrogen) atoms. The van der Waals surface area contributed by atoms with Crippen LogP contribution in [0.3, 0.4) is 0 Å². The molecule has 0 saturated carbocycles. The monoisotopic (exact) mass is 544 g/mol. The number of halogens is 5. The van der Waals surface area contributed by atoms with Crippen molar-refractivity contribution in [2.45, 2.75) is 39.2 Å². The van der Waals surface area contributed by atoms with E-state index in [0.29, 0.717) is 26.3 Å². The Morgan fingerprint density at radius 3 is 2.51 bits per heavy atom. The van der Waals surface area contributed by atoms with E-state index >= 15 is 0 Å². The van der Waals surface area contributed by atoms with Crippen LogP contribution < -0.4 is 10.6 Å². The molecule has 0 fully saturated rings. The van der Waals surface area contributed by atoms with Gasteiger partial charge in [-0.25, -0.2) is 9.78 Å². The lowest BCUT2D eigenvalue weighted by atomic mass is 10.1. The highest BCUT2D eigenvalue weighted by molar-refractivity contribution is 7.09. The zero-order valence-electron chi connectivity index (χ0n) is 18.6. The summed E-state index contributed by atoms with van der Waals surface area (Å²) >= 11 is 13.1. The summed E-state index contributed by atoms with van der Waals surface area (Å²) in [7, 11) is 0. The van der Waals surface area contributed by atoms with Crippen LogP contribution in [0, 0.1) is 0 Å². The molecule has 3 aromatic rings. The summed E-state index contributed by atoms with van der Waals surface area (Å²) < 4.78 is 38.6. The number of nitrogens with one attached hydrogen (secondary N) is 2. The smallest absolute Gasteiger partial charge is 0.347 e. The van der Waals surface area contributed by atoms with Gasteiger partial charge in [-0.2, -0.15) is 13.2 Å². The largest absolute Gasteiger partial charge is 0.416 e. The molecule has 0 saturated heterocycles. The number of thiazole rings is 1. The van der Waals surface area contributed by atoms with Gasteiger partial charge in [-0.15, -0.1) is 11.3 Å². The first-order chi connectivity index (χ1) is 16.4. The molecule has 3 amide bonds. The van der Waals surface area contributed by atoms with Gasteiger partial charge in [0.2, 0.25) is 0 Å². The number of nitrogens with zero attached hydrogens (tertiary/aromatic N) is 2. The molecule has 186 valence electrons. The first-order valence-electron chi connectivity index (χ1n) is 10.4. The number of urea groups is 1. The van der Waals surface area contributed by atoms with E-state index in [1.54, 1.807) is 12.1 Å². The van der Waals surface area contributed by atoms with Gasteiger partial charge >= 0.3 is 12.2 Å². The fourth-order valence-corrected chi connectivity index (χ4v) is 4.09. The van der Waals surface area contributed by atoms with Crippen LogP contribution in [0.5, 0.6) is 0 Å². The summed E-state index contributed by atoms with van der Waals surface area (Å²) in [6.07, 6.45) is -4.46. The lowest BCUT2D eigenvalue weighted by Crippen LogP contribution is -2.39. The van der Waals surface area contributed by atoms with E-state index in [4.69, 9.17) is 23.2 Å². The standard InChI is InChI=1S/C23H21Cl2F3N4O2S/c1-13(2)32(22(34)30-16-6-7-17(24)18(25)9-16)11-20-31-19(12-35-20)21(33)29-10-14-4-3-5-15(8-14)23(26,27)28/h3-9,12-13H,10-11H2,1-2H3,(H,29,33)(H,30,34). The molecule has 3 rings (SSSR count). The van der Waals surface area contributed by atoms with Crippen molar-refractivity contribution >= 4 is 52.2 Å². The van der Waals surface area contributed by atoms with Crippen molar-refractivity contribution in [1.29, 1.82) is 0 Å². The minimum Gasteiger partial charge on any atom is -0.347 e. The minimum atomic E-state index is -4.46. The van der Waals surface area contributed by atoms with Crippen LogP contribution in [0.2, 0.25) is 10.0 Å². The van der Waals surface area contributed by atoms with Crippen LogP contribution in [0.25, 0.3) is 0 Å². The topological polar surface area (TPSA) is 74.3 Å². The van der Waals surface area contributed by atoms with Gasteiger partial charge in [0.15, 0.2) is 0 Å². The second-order valence-electron chi connectivity index (χ2n) is 7.79. The predicted molar refractivity (Wildman–Crippen MR) is 131 cm³/mol. The third kappa shape index (κ3) is 7.33. The van der Waals surface area contributed by atoms with Crippen LogP contribution in [-0.4, -0.2) is 27.9 Å². The molecular weight excluding hydrogens is 524 g/mol. The van der Waals surface area contributed by atoms with Gasteiger partial charge in [0.1, 0.15) is 10.7 Å². The van der Waals surface area contributed by atoms with Gasteiger partial charge in [0.25, 0.3) is 5.91 Å². The maximum absolute atomic E-state index is 12.9. The van der Waals surface area contributed by atoms with Crippen LogP contribution in [-0.2, 0) is 19.3 Å². The van der Waals surface area contributed by atoms with E-state index in [1.807, 2.05) is 13.8 Å². The Bertz CT molecular complexity index is 1220. The average Bonchev–Trinajstić information content (AvgIpc) is 3.26. The molecule has 1 heterocycles. The third-order valence-corrected chi connectivity index (χ3v) is 6.43. The van der Waals surface area contributed by atoms with Crippen LogP contribution >= 0.6 is 34.5 Å². The number of anilines is 1. The summed E-state index contributed by atoms with van der Waals surface area (Å²) in [5.74, 6) is -0.527. The number of benzene rings is 2. The highest BCUT2D eigenvalue weighted by Crippen LogP contribution is 2.29. The second kappa shape index (κ2) is 11.3. The maximum Gasteiger partial charge on any atom is 0.416 e. The zero-order chi connectivity index (χ0) is 25.8. The Morgan fingerprint density at radius 2 is 1.86 bits per heavy atom. The number of aromatic nitrogens is 1. The molecule has 0 aliphatic heterocycles. The van der Waals surface area contributed by atoms with E-state index in [0.717, 1.165) is 12.1 Å². The maximum atomic E-state index is 12.9. The molecular formula is C23H21Cl2F3N4O2S. The van der Waals surface area contributed by atoms with E-state index in [9.17, 15) is 22.8 Å². The van der Waals surface area contributed by atoms with Gasteiger partial charge in [-0.05, 0) is 49.7 Å². The Labute approximate surface area is 214 Å². The molecule has 0 aliphatic carbocycles. The van der Waals surface area contributed by atoms with Crippen molar-refractivity contribution < 1.29 is 22.8 Å². The highest BCUT2D eigenvalue weighted by atomic mass is 35.5. The van der Waals surface area contributed by atoms with E-state index in [-0.39, 0.29) is 30.9 Å². The summed E-state index contributed by atoms with van der Waals surface area (Å²) in [5.41, 5.74) is 0.121. The van der Waals surface area contributed by atoms with Crippen LogP contribution in [0.15, 0.2) is 47.8 Å². The van der Waals surface area contributed by atoms with Gasteiger partial charge in [-0.1, -0.05) is 35.3 Å². The summed E-state index contributed by atoms with van der Waals surface area (Å²) in [4.78, 5) is 31.1. The van der Waals surface area contributed by atoms with E-state index in [1.165, 1.54) is 39.8 Å². The molecule has 2 N–H and O–H groups in total. The molecule has 0 spiro atoms. The van der Waals surface area contributed by atoms with Crippen LogP contribution in [0.4, 0.5) is 23.7 Å². The molecule has 0 bridgehead atoms. The molecule has 0 atom stereocenters. The highest BCUT2D eigenvalue weighted by Gasteiger charge is 2.30. The lowest BCUT2D eigenvalue weighted by molar-refractivity contribution is -0.137. The average molecular weight is 545 g/mol. The first-order valence-corrected chi connectivity index (χ1v) is 12.0. The fourth-order valence-electron chi connectivity index (χ4n) is 3.02. The number of carbonyl (C=O) groups is 2. The predicted octanol–water partition coefficient (Wildman–Crippen LogP) is 6.84. The summed E-state index contributed by atoms with van der Waals surface area (Å²) in [6, 6.07) is 8.91. The van der Waals surface area contributed by atoms with Crippen molar-refractivity contribution in [1.82, 2.24) is 15.2 Å². The quantitative estimate of drug-likeness (QED) is 0.342. The van der Waals surface area contributed by atoms with Gasteiger partial charge < -0.3 is 15.5 Å². The Balaban J connectivity index is 1.62. The number of alkyl halides is 3. The molecule has 6 nitrogen and oxygen atoms in total. The van der Waals surface area contributed by atoms with Crippen molar-refractivity contribution in [3.05, 3.63) is 79.7 Å². The summed E-state index contributed by atoms with van der Waals surface area (Å²) in [5, 5.41) is 8.06. The SMILES string of the molecule is CC(C)N(Cc1nc(C(=O)NCc2cccc(C(F)(F)F)c2)cs1)C(=O)Nc1ccc(Cl)c(Cl)c1. The first kappa shape index (κ1) is 26.8. The molecule has 1 aromatic heterocycles. The van der Waals surface area contributed by atoms with Crippen molar-refractivity contribution in [3.8, 4) is 0 Å². The number of hydrogen-bond acceptors (Lipinski definition) is 4. The number of carbonyl (C=O) groups excluding carboxylic acids is 2. The van der Waals surface area contributed by atoms with E-state index in [2.05, 4.69) is 15.6 Å². The van der Waals surface area contributed by atoms with Gasteiger partial charge in [0.05, 0.1) is 22.2 Å². The number of rotatable bonds is 7. The molecule has 2 aromatic carbocycles. The Kier molecular flexibility index (Phi) is 8.63. The molecule has 0 unspecified atom stereocenters. The fraction of sp³-hybridized carbons (Fsp3) is 0.261. The van der Waals surface area contributed by atoms with Crippen molar-refractivity contribution in [2.75, 3.05) is 5.32 Å². The normalized spacial score (nSPS) is 11.4. The van der Waals surface area contributed by atoms with Gasteiger partial charge in [0, 0.05) is 23.7 Å². The number of amides is 3. The Hall–Kier alpha value is -2.82. The van der Waals surface area contributed by atoms with Crippen LogP contribution in [0.1, 0.15) is 40.5 Å². The Morgan fingerprint density at radius 1 is 1.11 bits per heavy atom. The van der Waals surface area contributed by atoms with E-state index < -0.39 is 17.6 Å².